The second-order valence-corrected chi connectivity index (χ2v) is 7.18. The number of fused-ring (bicyclic) bond motifs is 1. The molecule has 1 atom stereocenters. The van der Waals surface area contributed by atoms with Gasteiger partial charge in [-0.2, -0.15) is 0 Å². The third kappa shape index (κ3) is 3.33. The van der Waals surface area contributed by atoms with Crippen molar-refractivity contribution in [2.24, 2.45) is 0 Å². The number of aromatic hydroxyl groups is 1. The van der Waals surface area contributed by atoms with Gasteiger partial charge in [-0.05, 0) is 30.2 Å². The lowest BCUT2D eigenvalue weighted by molar-refractivity contribution is -0.140. The average molecular weight is 406 g/mol. The van der Waals surface area contributed by atoms with E-state index in [4.69, 9.17) is 4.74 Å². The van der Waals surface area contributed by atoms with Gasteiger partial charge in [0.05, 0.1) is 11.6 Å². The van der Waals surface area contributed by atoms with Crippen molar-refractivity contribution in [2.75, 3.05) is 20.3 Å². The maximum atomic E-state index is 13.0. The molecule has 1 aromatic heterocycles. The molecule has 2 aromatic carbocycles. The number of nitrogens with zero attached hydrogens (tertiary/aromatic N) is 1. The van der Waals surface area contributed by atoms with Crippen molar-refractivity contribution in [3.8, 4) is 5.75 Å². The van der Waals surface area contributed by atoms with Crippen LogP contribution in [0.4, 0.5) is 0 Å². The first-order valence-electron chi connectivity index (χ1n) is 9.65. The summed E-state index contributed by atoms with van der Waals surface area (Å²) in [5.74, 6) is -1.65. The molecular weight excluding hydrogens is 384 g/mol. The van der Waals surface area contributed by atoms with Crippen molar-refractivity contribution in [1.82, 2.24) is 9.88 Å². The number of hydrogen-bond acceptors (Lipinski definition) is 5. The van der Waals surface area contributed by atoms with Gasteiger partial charge in [0.25, 0.3) is 11.7 Å². The van der Waals surface area contributed by atoms with E-state index in [1.165, 1.54) is 17.0 Å². The van der Waals surface area contributed by atoms with E-state index in [9.17, 15) is 19.8 Å². The molecule has 1 unspecified atom stereocenters. The number of methoxy groups -OCH3 is 1. The molecule has 3 aromatic rings. The van der Waals surface area contributed by atoms with Crippen LogP contribution in [0, 0.1) is 0 Å². The number of hydrogen-bond donors (Lipinski definition) is 3. The fourth-order valence-corrected chi connectivity index (χ4v) is 3.94. The smallest absolute Gasteiger partial charge is 0.295 e. The Balaban J connectivity index is 1.88. The van der Waals surface area contributed by atoms with Crippen LogP contribution in [0.2, 0.25) is 0 Å². The van der Waals surface area contributed by atoms with Crippen molar-refractivity contribution < 1.29 is 24.5 Å². The number of ether oxygens (including phenoxy) is 1. The molecule has 1 saturated heterocycles. The molecule has 0 saturated carbocycles. The zero-order valence-electron chi connectivity index (χ0n) is 16.5. The number of rotatable bonds is 6. The van der Waals surface area contributed by atoms with Crippen molar-refractivity contribution in [2.45, 2.75) is 12.5 Å². The number of ketones is 1. The van der Waals surface area contributed by atoms with Crippen molar-refractivity contribution in [3.05, 3.63) is 71.4 Å². The van der Waals surface area contributed by atoms with Crippen LogP contribution in [0.3, 0.4) is 0 Å². The Bertz CT molecular complexity index is 1150. The number of Topliss-reactive ketones (excluding diaryl/α,β-unsaturated/α-hetero) is 1. The van der Waals surface area contributed by atoms with Crippen LogP contribution < -0.4 is 0 Å². The van der Waals surface area contributed by atoms with E-state index < -0.39 is 17.7 Å². The van der Waals surface area contributed by atoms with E-state index in [0.29, 0.717) is 24.2 Å². The van der Waals surface area contributed by atoms with Gasteiger partial charge in [0.1, 0.15) is 11.5 Å². The Hall–Kier alpha value is -3.58. The van der Waals surface area contributed by atoms with E-state index >= 15 is 0 Å². The summed E-state index contributed by atoms with van der Waals surface area (Å²) < 4.78 is 5.08. The quantitative estimate of drug-likeness (QED) is 0.252. The Labute approximate surface area is 173 Å². The molecule has 7 heteroatoms. The zero-order chi connectivity index (χ0) is 21.3. The monoisotopic (exact) mass is 406 g/mol. The van der Waals surface area contributed by atoms with Crippen LogP contribution in [0.1, 0.15) is 23.6 Å². The molecule has 0 radical (unpaired) electrons. The van der Waals surface area contributed by atoms with Crippen LogP contribution in [0.5, 0.6) is 5.75 Å². The first-order valence-corrected chi connectivity index (χ1v) is 9.65. The molecule has 4 rings (SSSR count). The third-order valence-electron chi connectivity index (χ3n) is 5.32. The maximum absolute atomic E-state index is 13.0. The number of carbonyl (C=O) groups is 2. The third-order valence-corrected chi connectivity index (χ3v) is 5.32. The Kier molecular flexibility index (Phi) is 5.29. The molecule has 2 heterocycles. The number of benzene rings is 2. The van der Waals surface area contributed by atoms with Gasteiger partial charge in [0, 0.05) is 42.9 Å². The number of H-pyrrole nitrogens is 1. The van der Waals surface area contributed by atoms with Crippen LogP contribution in [0.25, 0.3) is 16.7 Å². The van der Waals surface area contributed by atoms with Crippen LogP contribution >= 0.6 is 0 Å². The summed E-state index contributed by atoms with van der Waals surface area (Å²) in [6.07, 6.45) is 2.16. The van der Waals surface area contributed by atoms with E-state index in [1.807, 2.05) is 24.3 Å². The molecule has 0 bridgehead atoms. The molecule has 1 amide bonds. The number of aliphatic hydroxyl groups is 1. The second kappa shape index (κ2) is 8.04. The van der Waals surface area contributed by atoms with Gasteiger partial charge >= 0.3 is 0 Å². The Morgan fingerprint density at radius 2 is 1.97 bits per heavy atom. The number of phenols is 1. The van der Waals surface area contributed by atoms with Gasteiger partial charge in [-0.15, -0.1) is 0 Å². The van der Waals surface area contributed by atoms with Crippen LogP contribution in [0.15, 0.2) is 60.3 Å². The summed E-state index contributed by atoms with van der Waals surface area (Å²) in [6.45, 7) is 0.710. The van der Waals surface area contributed by atoms with Gasteiger partial charge in [-0.3, -0.25) is 9.59 Å². The van der Waals surface area contributed by atoms with Gasteiger partial charge in [-0.1, -0.05) is 30.3 Å². The van der Waals surface area contributed by atoms with Crippen LogP contribution in [-0.4, -0.2) is 52.0 Å². The lowest BCUT2D eigenvalue weighted by Crippen LogP contribution is -2.31. The van der Waals surface area contributed by atoms with E-state index in [-0.39, 0.29) is 23.6 Å². The zero-order valence-corrected chi connectivity index (χ0v) is 16.5. The van der Waals surface area contributed by atoms with Crippen molar-refractivity contribution in [1.29, 1.82) is 0 Å². The van der Waals surface area contributed by atoms with Gasteiger partial charge in [-0.25, -0.2) is 0 Å². The molecule has 1 aliphatic heterocycles. The summed E-state index contributed by atoms with van der Waals surface area (Å²) in [4.78, 5) is 30.3. The highest BCUT2D eigenvalue weighted by Crippen LogP contribution is 2.41. The molecule has 0 spiro atoms. The second-order valence-electron chi connectivity index (χ2n) is 7.18. The number of aromatic amines is 1. The molecule has 3 N–H and O–H groups in total. The number of amides is 1. The molecular formula is C23H22N2O5. The minimum Gasteiger partial charge on any atom is -0.508 e. The van der Waals surface area contributed by atoms with Crippen LogP contribution in [-0.2, 0) is 14.3 Å². The molecule has 30 heavy (non-hydrogen) atoms. The summed E-state index contributed by atoms with van der Waals surface area (Å²) >= 11 is 0. The van der Waals surface area contributed by atoms with Gasteiger partial charge in [0.2, 0.25) is 0 Å². The molecule has 0 aliphatic carbocycles. The number of aliphatic hydroxyl groups excluding tert-OH is 1. The minimum atomic E-state index is -0.803. The minimum absolute atomic E-state index is 0.00719. The number of aromatic nitrogens is 1. The van der Waals surface area contributed by atoms with Gasteiger partial charge in [0.15, 0.2) is 0 Å². The largest absolute Gasteiger partial charge is 0.508 e. The molecule has 7 nitrogen and oxygen atoms in total. The fourth-order valence-electron chi connectivity index (χ4n) is 3.94. The van der Waals surface area contributed by atoms with Crippen molar-refractivity contribution in [3.63, 3.8) is 0 Å². The number of carbonyl (C=O) groups excluding carboxylic acids is 2. The van der Waals surface area contributed by atoms with E-state index in [1.54, 1.807) is 25.4 Å². The standard InChI is InChI=1S/C23H22N2O5/c1-30-11-5-10-25-20(14-6-4-7-15(26)12-14)19(22(28)23(25)29)21(27)17-13-24-18-9-3-2-8-16(17)18/h2-4,6-9,12-13,20,24,26-27H,5,10-11H2,1H3/b21-19-. The summed E-state index contributed by atoms with van der Waals surface area (Å²) in [6, 6.07) is 13.0. The number of nitrogens with one attached hydrogen (secondary N) is 1. The maximum Gasteiger partial charge on any atom is 0.295 e. The number of likely N-dealkylation sites (tertiary alicyclic amines) is 1. The molecule has 154 valence electrons. The van der Waals surface area contributed by atoms with Crippen molar-refractivity contribution >= 4 is 28.4 Å². The molecule has 1 aliphatic rings. The highest BCUT2D eigenvalue weighted by Gasteiger charge is 2.46. The summed E-state index contributed by atoms with van der Waals surface area (Å²) in [5, 5.41) is 21.9. The lowest BCUT2D eigenvalue weighted by Gasteiger charge is -2.25. The lowest BCUT2D eigenvalue weighted by atomic mass is 9.95. The first-order chi connectivity index (χ1) is 14.5. The Morgan fingerprint density at radius 3 is 2.73 bits per heavy atom. The fraction of sp³-hybridized carbons (Fsp3) is 0.217. The molecule has 1 fully saturated rings. The Morgan fingerprint density at radius 1 is 1.17 bits per heavy atom. The number of para-hydroxylation sites is 1. The van der Waals surface area contributed by atoms with E-state index in [0.717, 1.165) is 10.9 Å². The average Bonchev–Trinajstić information content (AvgIpc) is 3.28. The summed E-state index contributed by atoms with van der Waals surface area (Å²) in [5.41, 5.74) is 1.81. The normalized spacial score (nSPS) is 18.4. The van der Waals surface area contributed by atoms with E-state index in [2.05, 4.69) is 4.98 Å². The predicted molar refractivity (Wildman–Crippen MR) is 112 cm³/mol. The highest BCUT2D eigenvalue weighted by atomic mass is 16.5. The predicted octanol–water partition coefficient (Wildman–Crippen LogP) is 3.33. The number of phenolic OH excluding ortho intramolecular Hbond substituents is 1. The SMILES string of the molecule is COCCCN1C(=O)C(=O)/C(=C(\O)c2c[nH]c3ccccc23)C1c1cccc(O)c1. The highest BCUT2D eigenvalue weighted by molar-refractivity contribution is 6.46. The topological polar surface area (TPSA) is 103 Å². The van der Waals surface area contributed by atoms with Gasteiger partial charge < -0.3 is 24.8 Å². The summed E-state index contributed by atoms with van der Waals surface area (Å²) in [7, 11) is 1.57. The first kappa shape index (κ1) is 19.7.